The van der Waals surface area contributed by atoms with Crippen LogP contribution < -0.4 is 20.6 Å². The number of hydrogen-bond donors (Lipinski definition) is 2. The lowest BCUT2D eigenvalue weighted by atomic mass is 10.2. The molecule has 10 heteroatoms. The number of thiazole rings is 1. The summed E-state index contributed by atoms with van der Waals surface area (Å²) in [6.45, 7) is 3.57. The summed E-state index contributed by atoms with van der Waals surface area (Å²) in [5.41, 5.74) is 8.98. The Balaban J connectivity index is 2.13. The van der Waals surface area contributed by atoms with E-state index in [1.165, 1.54) is 18.4 Å². The molecular weight excluding hydrogens is 380 g/mol. The standard InChI is InChI=1S/C16H19ClN4O4S/c1-4-24-15(22)9(2)25-14-11(17)5-10(6-12(14)23-3)7-19-21-16-20-13(18)8-26-16/h5-9H,4,18H2,1-3H3,(H,20,21). The van der Waals surface area contributed by atoms with Gasteiger partial charge < -0.3 is 19.9 Å². The summed E-state index contributed by atoms with van der Waals surface area (Å²) in [7, 11) is 1.48. The van der Waals surface area contributed by atoms with Crippen LogP contribution in [0.2, 0.25) is 5.02 Å². The Morgan fingerprint density at radius 2 is 2.31 bits per heavy atom. The van der Waals surface area contributed by atoms with Gasteiger partial charge in [-0.05, 0) is 31.5 Å². The van der Waals surface area contributed by atoms with E-state index in [4.69, 9.17) is 31.5 Å². The van der Waals surface area contributed by atoms with E-state index in [1.807, 2.05) is 0 Å². The molecule has 0 aliphatic heterocycles. The molecule has 26 heavy (non-hydrogen) atoms. The van der Waals surface area contributed by atoms with Gasteiger partial charge in [0.2, 0.25) is 5.13 Å². The minimum absolute atomic E-state index is 0.257. The lowest BCUT2D eigenvalue weighted by Crippen LogP contribution is -2.26. The third-order valence-corrected chi connectivity index (χ3v) is 4.11. The second-order valence-corrected chi connectivity index (χ2v) is 6.26. The van der Waals surface area contributed by atoms with Crippen LogP contribution >= 0.6 is 22.9 Å². The number of carbonyl (C=O) groups is 1. The highest BCUT2D eigenvalue weighted by Crippen LogP contribution is 2.36. The number of nitrogens with two attached hydrogens (primary N) is 1. The van der Waals surface area contributed by atoms with Crippen molar-refractivity contribution in [1.82, 2.24) is 4.98 Å². The maximum atomic E-state index is 11.7. The van der Waals surface area contributed by atoms with Gasteiger partial charge in [0.15, 0.2) is 17.6 Å². The molecule has 0 aliphatic rings. The van der Waals surface area contributed by atoms with Gasteiger partial charge in [-0.2, -0.15) is 5.10 Å². The van der Waals surface area contributed by atoms with Crippen molar-refractivity contribution in [2.24, 2.45) is 5.10 Å². The zero-order valence-corrected chi connectivity index (χ0v) is 16.1. The van der Waals surface area contributed by atoms with Crippen LogP contribution in [0.25, 0.3) is 0 Å². The molecule has 0 fully saturated rings. The molecule has 140 valence electrons. The number of carbonyl (C=O) groups excluding carboxylic acids is 1. The lowest BCUT2D eigenvalue weighted by Gasteiger charge is -2.17. The van der Waals surface area contributed by atoms with E-state index in [1.54, 1.807) is 37.6 Å². The monoisotopic (exact) mass is 398 g/mol. The van der Waals surface area contributed by atoms with Gasteiger partial charge in [0.1, 0.15) is 5.82 Å². The summed E-state index contributed by atoms with van der Waals surface area (Å²) in [5, 5.41) is 6.62. The van der Waals surface area contributed by atoms with E-state index in [-0.39, 0.29) is 17.4 Å². The number of rotatable bonds is 8. The number of nitrogen functional groups attached to an aromatic ring is 1. The van der Waals surface area contributed by atoms with Crippen LogP contribution in [0.1, 0.15) is 19.4 Å². The molecule has 0 saturated carbocycles. The fraction of sp³-hybridized carbons (Fsp3) is 0.312. The van der Waals surface area contributed by atoms with Crippen molar-refractivity contribution in [1.29, 1.82) is 0 Å². The van der Waals surface area contributed by atoms with Crippen molar-refractivity contribution in [2.45, 2.75) is 20.0 Å². The summed E-state index contributed by atoms with van der Waals surface area (Å²) in [5.74, 6) is 0.568. The normalized spacial score (nSPS) is 12.0. The molecule has 1 aromatic heterocycles. The number of esters is 1. The summed E-state index contributed by atoms with van der Waals surface area (Å²) in [6.07, 6.45) is 0.725. The van der Waals surface area contributed by atoms with Crippen LogP contribution in [0.5, 0.6) is 11.5 Å². The van der Waals surface area contributed by atoms with Gasteiger partial charge in [-0.3, -0.25) is 5.43 Å². The van der Waals surface area contributed by atoms with Crippen molar-refractivity contribution < 1.29 is 19.0 Å². The van der Waals surface area contributed by atoms with Gasteiger partial charge in [-0.1, -0.05) is 11.6 Å². The predicted molar refractivity (Wildman–Crippen MR) is 102 cm³/mol. The second kappa shape index (κ2) is 9.25. The molecule has 2 aromatic rings. The summed E-state index contributed by atoms with van der Waals surface area (Å²) in [6, 6.07) is 3.32. The number of hydrazone groups is 1. The molecular formula is C16H19ClN4O4S. The molecule has 8 nitrogen and oxygen atoms in total. The summed E-state index contributed by atoms with van der Waals surface area (Å²) in [4.78, 5) is 15.8. The smallest absolute Gasteiger partial charge is 0.347 e. The van der Waals surface area contributed by atoms with E-state index < -0.39 is 12.1 Å². The van der Waals surface area contributed by atoms with Crippen LogP contribution in [0, 0.1) is 0 Å². The molecule has 1 heterocycles. The van der Waals surface area contributed by atoms with Crippen molar-refractivity contribution in [3.63, 3.8) is 0 Å². The van der Waals surface area contributed by atoms with Crippen LogP contribution in [-0.4, -0.2) is 37.0 Å². The lowest BCUT2D eigenvalue weighted by molar-refractivity contribution is -0.150. The fourth-order valence-corrected chi connectivity index (χ4v) is 2.72. The summed E-state index contributed by atoms with van der Waals surface area (Å²) >= 11 is 7.61. The first kappa shape index (κ1) is 19.8. The number of halogens is 1. The zero-order chi connectivity index (χ0) is 19.1. The third kappa shape index (κ3) is 5.24. The largest absolute Gasteiger partial charge is 0.493 e. The van der Waals surface area contributed by atoms with Crippen molar-refractivity contribution in [3.05, 3.63) is 28.1 Å². The Morgan fingerprint density at radius 3 is 2.92 bits per heavy atom. The average molecular weight is 399 g/mol. The molecule has 0 spiro atoms. The van der Waals surface area contributed by atoms with Gasteiger partial charge in [-0.25, -0.2) is 9.78 Å². The molecule has 1 aromatic carbocycles. The zero-order valence-electron chi connectivity index (χ0n) is 14.5. The maximum absolute atomic E-state index is 11.7. The number of anilines is 2. The first-order chi connectivity index (χ1) is 12.4. The first-order valence-electron chi connectivity index (χ1n) is 7.65. The van der Waals surface area contributed by atoms with E-state index >= 15 is 0 Å². The molecule has 0 saturated heterocycles. The number of methoxy groups -OCH3 is 1. The molecule has 0 bridgehead atoms. The number of nitrogens with zero attached hydrogens (tertiary/aromatic N) is 2. The molecule has 2 rings (SSSR count). The second-order valence-electron chi connectivity index (χ2n) is 4.99. The Bertz CT molecular complexity index is 797. The number of benzene rings is 1. The number of nitrogens with one attached hydrogen (secondary N) is 1. The van der Waals surface area contributed by atoms with Crippen LogP contribution in [0.15, 0.2) is 22.6 Å². The molecule has 1 unspecified atom stereocenters. The minimum atomic E-state index is -0.821. The van der Waals surface area contributed by atoms with E-state index in [9.17, 15) is 4.79 Å². The number of aromatic nitrogens is 1. The molecule has 0 aliphatic carbocycles. The number of ether oxygens (including phenoxy) is 3. The van der Waals surface area contributed by atoms with Gasteiger partial charge >= 0.3 is 5.97 Å². The number of hydrogen-bond acceptors (Lipinski definition) is 9. The quantitative estimate of drug-likeness (QED) is 0.399. The molecule has 0 radical (unpaired) electrons. The highest BCUT2D eigenvalue weighted by Gasteiger charge is 2.20. The Morgan fingerprint density at radius 1 is 1.54 bits per heavy atom. The van der Waals surface area contributed by atoms with Crippen molar-refractivity contribution in [2.75, 3.05) is 24.9 Å². The van der Waals surface area contributed by atoms with E-state index in [0.29, 0.717) is 22.3 Å². The average Bonchev–Trinajstić information content (AvgIpc) is 3.02. The van der Waals surface area contributed by atoms with E-state index in [0.717, 1.165) is 0 Å². The minimum Gasteiger partial charge on any atom is -0.493 e. The van der Waals surface area contributed by atoms with Gasteiger partial charge in [0, 0.05) is 5.38 Å². The third-order valence-electron chi connectivity index (χ3n) is 3.06. The topological polar surface area (TPSA) is 108 Å². The fourth-order valence-electron chi connectivity index (χ4n) is 1.91. The Hall–Kier alpha value is -2.52. The molecule has 1 atom stereocenters. The first-order valence-corrected chi connectivity index (χ1v) is 8.91. The van der Waals surface area contributed by atoms with Crippen LogP contribution in [0.3, 0.4) is 0 Å². The SMILES string of the molecule is CCOC(=O)C(C)Oc1c(Cl)cc(C=NNc2nc(N)cs2)cc1OC. The van der Waals surface area contributed by atoms with Crippen LogP contribution in [0.4, 0.5) is 10.9 Å². The van der Waals surface area contributed by atoms with Gasteiger partial charge in [-0.15, -0.1) is 11.3 Å². The van der Waals surface area contributed by atoms with Crippen LogP contribution in [-0.2, 0) is 9.53 Å². The van der Waals surface area contributed by atoms with Crippen molar-refractivity contribution >= 4 is 46.1 Å². The molecule has 0 amide bonds. The van der Waals surface area contributed by atoms with Gasteiger partial charge in [0.05, 0.1) is 25.0 Å². The highest BCUT2D eigenvalue weighted by molar-refractivity contribution is 7.14. The molecule has 3 N–H and O–H groups in total. The highest BCUT2D eigenvalue weighted by atomic mass is 35.5. The van der Waals surface area contributed by atoms with Gasteiger partial charge in [0.25, 0.3) is 0 Å². The predicted octanol–water partition coefficient (Wildman–Crippen LogP) is 3.16. The Labute approximate surface area is 159 Å². The van der Waals surface area contributed by atoms with E-state index in [2.05, 4.69) is 15.5 Å². The Kier molecular flexibility index (Phi) is 7.05. The maximum Gasteiger partial charge on any atom is 0.347 e. The van der Waals surface area contributed by atoms with Crippen molar-refractivity contribution in [3.8, 4) is 11.5 Å². The summed E-state index contributed by atoms with van der Waals surface area (Å²) < 4.78 is 15.8.